The molecule has 0 aliphatic heterocycles. The van der Waals surface area contributed by atoms with E-state index in [1.807, 2.05) is 0 Å². The number of aliphatic hydroxyl groups is 1. The molecule has 0 radical (unpaired) electrons. The summed E-state index contributed by atoms with van der Waals surface area (Å²) in [5.74, 6) is -1.23. The molecule has 1 atom stereocenters. The molecule has 0 aromatic carbocycles. The Labute approximate surface area is 89.0 Å². The van der Waals surface area contributed by atoms with Gasteiger partial charge < -0.3 is 15.6 Å². The molecule has 0 rings (SSSR count). The number of nitrogens with zero attached hydrogens (tertiary/aromatic N) is 1. The molecule has 0 aromatic heterocycles. The molecule has 0 heterocycles. The van der Waals surface area contributed by atoms with Crippen LogP contribution in [-0.4, -0.2) is 54.2 Å². The van der Waals surface area contributed by atoms with Crippen LogP contribution in [0.5, 0.6) is 0 Å². The fourth-order valence-corrected chi connectivity index (χ4v) is 1.22. The first-order valence-corrected chi connectivity index (χ1v) is 4.65. The van der Waals surface area contributed by atoms with Crippen LogP contribution < -0.4 is 5.73 Å². The van der Waals surface area contributed by atoms with Gasteiger partial charge in [-0.05, 0) is 13.5 Å². The second kappa shape index (κ2) is 5.67. The molecule has 0 bridgehead atoms. The summed E-state index contributed by atoms with van der Waals surface area (Å²) in [5.41, 5.74) is 3.39. The van der Waals surface area contributed by atoms with Crippen molar-refractivity contribution < 1.29 is 19.4 Å². The van der Waals surface area contributed by atoms with Gasteiger partial charge in [0.1, 0.15) is 0 Å². The fraction of sp³-hybridized carbons (Fsp3) is 0.778. The molecular formula is C9H18N2O4. The van der Waals surface area contributed by atoms with Crippen molar-refractivity contribution in [1.82, 2.24) is 4.90 Å². The van der Waals surface area contributed by atoms with Crippen LogP contribution in [0.3, 0.4) is 0 Å². The van der Waals surface area contributed by atoms with Crippen molar-refractivity contribution in [2.45, 2.75) is 19.4 Å². The van der Waals surface area contributed by atoms with E-state index < -0.39 is 17.5 Å². The summed E-state index contributed by atoms with van der Waals surface area (Å²) in [4.78, 5) is 23.4. The lowest BCUT2D eigenvalue weighted by atomic mass is 10.1. The van der Waals surface area contributed by atoms with E-state index in [1.165, 1.54) is 14.0 Å². The van der Waals surface area contributed by atoms with Gasteiger partial charge >= 0.3 is 5.97 Å². The fourth-order valence-electron chi connectivity index (χ4n) is 1.22. The van der Waals surface area contributed by atoms with Crippen molar-refractivity contribution >= 4 is 11.9 Å². The number of rotatable bonds is 6. The molecule has 6 heteroatoms. The first-order valence-electron chi connectivity index (χ1n) is 4.65. The topological polar surface area (TPSA) is 92.9 Å². The lowest BCUT2D eigenvalue weighted by Crippen LogP contribution is -2.49. The molecule has 6 nitrogen and oxygen atoms in total. The van der Waals surface area contributed by atoms with E-state index in [0.29, 0.717) is 6.54 Å². The molecular weight excluding hydrogens is 200 g/mol. The van der Waals surface area contributed by atoms with Gasteiger partial charge in [-0.25, -0.2) is 4.79 Å². The highest BCUT2D eigenvalue weighted by Gasteiger charge is 2.33. The SMILES string of the molecule is CCN(CC(N)=O)CC(C)(O)C(=O)OC. The van der Waals surface area contributed by atoms with E-state index in [9.17, 15) is 14.7 Å². The van der Waals surface area contributed by atoms with Crippen molar-refractivity contribution in [2.24, 2.45) is 5.73 Å². The molecule has 1 amide bonds. The number of esters is 1. The highest BCUT2D eigenvalue weighted by Crippen LogP contribution is 2.08. The Bertz CT molecular complexity index is 240. The number of amides is 1. The summed E-state index contributed by atoms with van der Waals surface area (Å²) in [6.07, 6.45) is 0. The van der Waals surface area contributed by atoms with E-state index >= 15 is 0 Å². The Morgan fingerprint density at radius 1 is 1.53 bits per heavy atom. The van der Waals surface area contributed by atoms with Gasteiger partial charge in [0.15, 0.2) is 5.60 Å². The van der Waals surface area contributed by atoms with Crippen LogP contribution >= 0.6 is 0 Å². The van der Waals surface area contributed by atoms with Crippen LogP contribution in [0.2, 0.25) is 0 Å². The second-order valence-corrected chi connectivity index (χ2v) is 3.54. The first-order chi connectivity index (χ1) is 6.83. The molecule has 1 unspecified atom stereocenters. The van der Waals surface area contributed by atoms with Crippen LogP contribution in [0.15, 0.2) is 0 Å². The van der Waals surface area contributed by atoms with Crippen molar-refractivity contribution in [3.8, 4) is 0 Å². The maximum Gasteiger partial charge on any atom is 0.338 e. The maximum atomic E-state index is 11.2. The lowest BCUT2D eigenvalue weighted by molar-refractivity contribution is -0.162. The number of carbonyl (C=O) groups is 2. The van der Waals surface area contributed by atoms with Crippen molar-refractivity contribution in [3.63, 3.8) is 0 Å². The number of primary amides is 1. The van der Waals surface area contributed by atoms with Crippen LogP contribution in [0, 0.1) is 0 Å². The summed E-state index contributed by atoms with van der Waals surface area (Å²) >= 11 is 0. The molecule has 0 fully saturated rings. The Kier molecular flexibility index (Phi) is 5.24. The largest absolute Gasteiger partial charge is 0.467 e. The molecule has 0 aliphatic rings. The van der Waals surface area contributed by atoms with Crippen LogP contribution in [0.1, 0.15) is 13.8 Å². The average Bonchev–Trinajstić information content (AvgIpc) is 2.14. The Balaban J connectivity index is 4.39. The van der Waals surface area contributed by atoms with E-state index in [-0.39, 0.29) is 13.1 Å². The minimum absolute atomic E-state index is 0.00362. The van der Waals surface area contributed by atoms with Crippen molar-refractivity contribution in [3.05, 3.63) is 0 Å². The van der Waals surface area contributed by atoms with E-state index in [4.69, 9.17) is 5.73 Å². The summed E-state index contributed by atoms with van der Waals surface area (Å²) in [6, 6.07) is 0. The number of carbonyl (C=O) groups excluding carboxylic acids is 2. The molecule has 0 aliphatic carbocycles. The van der Waals surface area contributed by atoms with Crippen LogP contribution in [-0.2, 0) is 14.3 Å². The molecule has 0 aromatic rings. The van der Waals surface area contributed by atoms with Gasteiger partial charge in [-0.3, -0.25) is 9.69 Å². The molecule has 88 valence electrons. The van der Waals surface area contributed by atoms with Crippen LogP contribution in [0.25, 0.3) is 0 Å². The highest BCUT2D eigenvalue weighted by molar-refractivity contribution is 5.79. The molecule has 0 spiro atoms. The van der Waals surface area contributed by atoms with Gasteiger partial charge in [0.2, 0.25) is 5.91 Å². The number of ether oxygens (including phenoxy) is 1. The second-order valence-electron chi connectivity index (χ2n) is 3.54. The molecule has 3 N–H and O–H groups in total. The third kappa shape index (κ3) is 4.75. The smallest absolute Gasteiger partial charge is 0.338 e. The highest BCUT2D eigenvalue weighted by atomic mass is 16.5. The zero-order valence-corrected chi connectivity index (χ0v) is 9.32. The zero-order valence-electron chi connectivity index (χ0n) is 9.32. The third-order valence-corrected chi connectivity index (χ3v) is 1.98. The van der Waals surface area contributed by atoms with E-state index in [1.54, 1.807) is 11.8 Å². The first kappa shape index (κ1) is 13.9. The number of hydrogen-bond donors (Lipinski definition) is 2. The lowest BCUT2D eigenvalue weighted by Gasteiger charge is -2.27. The van der Waals surface area contributed by atoms with Crippen molar-refractivity contribution in [1.29, 1.82) is 0 Å². The average molecular weight is 218 g/mol. The monoisotopic (exact) mass is 218 g/mol. The summed E-state index contributed by atoms with van der Waals surface area (Å²) in [5, 5.41) is 9.73. The number of nitrogens with two attached hydrogens (primary N) is 1. The van der Waals surface area contributed by atoms with Gasteiger partial charge in [-0.15, -0.1) is 0 Å². The number of likely N-dealkylation sites (N-methyl/N-ethyl adjacent to an activating group) is 1. The summed E-state index contributed by atoms with van der Waals surface area (Å²) < 4.78 is 4.43. The Morgan fingerprint density at radius 3 is 2.40 bits per heavy atom. The zero-order chi connectivity index (χ0) is 12.1. The minimum atomic E-state index is -1.62. The van der Waals surface area contributed by atoms with Gasteiger partial charge in [0.05, 0.1) is 13.7 Å². The van der Waals surface area contributed by atoms with E-state index in [2.05, 4.69) is 4.74 Å². The van der Waals surface area contributed by atoms with Crippen LogP contribution in [0.4, 0.5) is 0 Å². The summed E-state index contributed by atoms with van der Waals surface area (Å²) in [7, 11) is 1.20. The van der Waals surface area contributed by atoms with Gasteiger partial charge in [0.25, 0.3) is 0 Å². The van der Waals surface area contributed by atoms with E-state index in [0.717, 1.165) is 0 Å². The predicted molar refractivity (Wildman–Crippen MR) is 53.9 cm³/mol. The van der Waals surface area contributed by atoms with Crippen molar-refractivity contribution in [2.75, 3.05) is 26.7 Å². The van der Waals surface area contributed by atoms with Gasteiger partial charge in [-0.1, -0.05) is 6.92 Å². The Morgan fingerprint density at radius 2 is 2.07 bits per heavy atom. The maximum absolute atomic E-state index is 11.2. The Hall–Kier alpha value is -1.14. The predicted octanol–water partition coefficient (Wildman–Crippen LogP) is -1.28. The third-order valence-electron chi connectivity index (χ3n) is 1.98. The quantitative estimate of drug-likeness (QED) is 0.541. The molecule has 0 saturated heterocycles. The van der Waals surface area contributed by atoms with Gasteiger partial charge in [0, 0.05) is 6.54 Å². The summed E-state index contributed by atoms with van der Waals surface area (Å²) in [6.45, 7) is 3.66. The number of methoxy groups -OCH3 is 1. The van der Waals surface area contributed by atoms with Gasteiger partial charge in [-0.2, -0.15) is 0 Å². The standard InChI is InChI=1S/C9H18N2O4/c1-4-11(5-7(10)12)6-9(2,14)8(13)15-3/h14H,4-6H2,1-3H3,(H2,10,12). The molecule has 15 heavy (non-hydrogen) atoms. The normalized spacial score (nSPS) is 14.7. The minimum Gasteiger partial charge on any atom is -0.467 e. The molecule has 0 saturated carbocycles. The number of hydrogen-bond acceptors (Lipinski definition) is 5.